The van der Waals surface area contributed by atoms with Gasteiger partial charge in [-0.3, -0.25) is 37.4 Å². The maximum Gasteiger partial charge on any atom is 0.329 e. The summed E-state index contributed by atoms with van der Waals surface area (Å²) in [4.78, 5) is 137. The quantitative estimate of drug-likeness (QED) is 0.0602. The first-order valence-electron chi connectivity index (χ1n) is 32.1. The Balaban J connectivity index is 1.23. The average molecular weight is 1350 g/mol. The molecule has 4 amide bonds. The van der Waals surface area contributed by atoms with Gasteiger partial charge in [-0.2, -0.15) is 21.2 Å². The molecule has 1 fully saturated rings. The van der Waals surface area contributed by atoms with Crippen molar-refractivity contribution >= 4 is 80.3 Å². The van der Waals surface area contributed by atoms with Crippen molar-refractivity contribution in [1.82, 2.24) is 29.6 Å². The summed E-state index contributed by atoms with van der Waals surface area (Å²) >= 11 is 0. The molecule has 0 aliphatic carbocycles. The number of amides is 4. The number of anilines is 2. The second-order valence-electron chi connectivity index (χ2n) is 26.7. The van der Waals surface area contributed by atoms with Gasteiger partial charge in [0.05, 0.1) is 11.5 Å². The first kappa shape index (κ1) is 74.0. The highest BCUT2D eigenvalue weighted by Gasteiger charge is 2.44. The van der Waals surface area contributed by atoms with Crippen molar-refractivity contribution < 1.29 is 75.5 Å². The third-order valence-electron chi connectivity index (χ3n) is 17.2. The van der Waals surface area contributed by atoms with Gasteiger partial charge in [0, 0.05) is 79.6 Å². The van der Waals surface area contributed by atoms with Gasteiger partial charge in [0.1, 0.15) is 34.0 Å². The molecular formula is C68H96N8O16S2. The largest absolute Gasteiger partial charge is 0.451 e. The lowest BCUT2D eigenvalue weighted by Crippen LogP contribution is -2.55. The van der Waals surface area contributed by atoms with Gasteiger partial charge >= 0.3 is 23.9 Å². The smallest absolute Gasteiger partial charge is 0.329 e. The minimum atomic E-state index is -3.02. The number of hydrogen-bond donors (Lipinski definition) is 4. The zero-order valence-corrected chi connectivity index (χ0v) is 58.2. The lowest BCUT2D eigenvalue weighted by molar-refractivity contribution is -0.176. The number of nitrogens with zero attached hydrogens (tertiary/aromatic N) is 8. The summed E-state index contributed by atoms with van der Waals surface area (Å²) in [5.74, 6) is -6.82. The number of hydrogen-bond acceptors (Lipinski definition) is 20. The molecule has 516 valence electrons. The molecule has 0 saturated carbocycles. The Morgan fingerprint density at radius 2 is 0.702 bits per heavy atom. The molecule has 0 spiro atoms. The predicted molar refractivity (Wildman–Crippen MR) is 358 cm³/mol. The molecule has 7 rings (SSSR count). The maximum absolute atomic E-state index is 15.2. The van der Waals surface area contributed by atoms with Crippen LogP contribution in [0.1, 0.15) is 117 Å². The van der Waals surface area contributed by atoms with Crippen LogP contribution < -0.4 is 9.80 Å². The Morgan fingerprint density at radius 1 is 0.426 bits per heavy atom. The second kappa shape index (κ2) is 31.9. The van der Waals surface area contributed by atoms with Crippen LogP contribution in [0, 0.1) is 23.7 Å². The summed E-state index contributed by atoms with van der Waals surface area (Å²) in [7, 11) is -0.575. The first-order chi connectivity index (χ1) is 44.2. The van der Waals surface area contributed by atoms with E-state index in [0.29, 0.717) is 58.7 Å². The molecule has 2 aromatic carbocycles. The summed E-state index contributed by atoms with van der Waals surface area (Å²) in [5, 5.41) is 0. The number of rotatable bonds is 16. The maximum atomic E-state index is 15.2. The van der Waals surface area contributed by atoms with Gasteiger partial charge in [0.25, 0.3) is 23.6 Å². The van der Waals surface area contributed by atoms with Crippen LogP contribution in [0.5, 0.6) is 0 Å². The summed E-state index contributed by atoms with van der Waals surface area (Å²) in [6.07, 6.45) is -3.39. The van der Waals surface area contributed by atoms with E-state index in [1.165, 1.54) is 42.0 Å². The zero-order chi connectivity index (χ0) is 69.3. The van der Waals surface area contributed by atoms with Crippen molar-refractivity contribution in [3.63, 3.8) is 0 Å². The topological polar surface area (TPSA) is 300 Å². The number of esters is 4. The Hall–Kier alpha value is -7.36. The van der Waals surface area contributed by atoms with Crippen LogP contribution in [0.25, 0.3) is 0 Å². The molecule has 2 aromatic heterocycles. The first-order valence-corrected chi connectivity index (χ1v) is 35.6. The fourth-order valence-electron chi connectivity index (χ4n) is 11.9. The third kappa shape index (κ3) is 18.6. The highest BCUT2D eigenvalue weighted by molar-refractivity contribution is 8.24. The standard InChI is InChI=1S/C68H96N8O16S2/c1-41(2)33-51-65(81)89-45(9)61(77)71(11)54(36-44(7)8)68(84)92-56(38-48-21-25-50(26-22-48)40-76-30-32-94(87,88)58-18-16-28-70-60(58)76)64(80)74(14)52(34-42(3)4)66(82)90-46(10)62(78)72(12)53(35-43(5)6)67(83)91-55(63(79)73(51)13)37-47-19-23-49(24-20-47)39-75-29-31-93(85,86)57-17-15-27-69-59(57)75/h15-28,41-46,51-56,85-88H,29-40H2,1-14H3/t45-,46-,51+,52+,53+,54+,55-,56-/m1/s1. The van der Waals surface area contributed by atoms with Crippen LogP contribution in [0.4, 0.5) is 11.6 Å². The monoisotopic (exact) mass is 1340 g/mol. The number of carbonyl (C=O) groups is 8. The summed E-state index contributed by atoms with van der Waals surface area (Å²) in [6.45, 7) is 18.7. The summed E-state index contributed by atoms with van der Waals surface area (Å²) in [5.41, 5.74) is 2.74. The Morgan fingerprint density at radius 3 is 1.00 bits per heavy atom. The minimum Gasteiger partial charge on any atom is -0.451 e. The van der Waals surface area contributed by atoms with Crippen LogP contribution in [-0.2, 0) is 83.2 Å². The van der Waals surface area contributed by atoms with E-state index >= 15 is 9.59 Å². The van der Waals surface area contributed by atoms with Crippen molar-refractivity contribution in [1.29, 1.82) is 0 Å². The number of benzene rings is 2. The highest BCUT2D eigenvalue weighted by atomic mass is 32.3. The zero-order valence-electron chi connectivity index (χ0n) is 56.6. The van der Waals surface area contributed by atoms with Crippen molar-refractivity contribution in [2.45, 2.75) is 179 Å². The van der Waals surface area contributed by atoms with Gasteiger partial charge < -0.3 is 48.3 Å². The van der Waals surface area contributed by atoms with E-state index in [9.17, 15) is 47.0 Å². The molecule has 8 atom stereocenters. The van der Waals surface area contributed by atoms with Gasteiger partial charge in [-0.1, -0.05) is 104 Å². The predicted octanol–water partition coefficient (Wildman–Crippen LogP) is 8.71. The molecule has 4 N–H and O–H groups in total. The van der Waals surface area contributed by atoms with Crippen molar-refractivity contribution in [2.75, 3.05) is 62.6 Å². The molecule has 0 radical (unpaired) electrons. The summed E-state index contributed by atoms with van der Waals surface area (Å²) in [6, 6.07) is 15.6. The van der Waals surface area contributed by atoms with Gasteiger partial charge in [-0.25, -0.2) is 29.1 Å². The third-order valence-corrected chi connectivity index (χ3v) is 20.8. The van der Waals surface area contributed by atoms with Crippen molar-refractivity contribution in [2.24, 2.45) is 23.7 Å². The normalized spacial score (nSPS) is 24.8. The number of cyclic esters (lactones) is 4. The molecule has 1 saturated heterocycles. The van der Waals surface area contributed by atoms with Gasteiger partial charge in [0.15, 0.2) is 36.1 Å². The van der Waals surface area contributed by atoms with E-state index in [0.717, 1.165) is 30.7 Å². The van der Waals surface area contributed by atoms with E-state index < -0.39 is 117 Å². The number of carbonyl (C=O) groups excluding carboxylic acids is 8. The fourth-order valence-corrected chi connectivity index (χ4v) is 14.8. The number of likely N-dealkylation sites (N-methyl/N-ethyl adjacent to an activating group) is 4. The molecule has 3 aliphatic rings. The average Bonchev–Trinajstić information content (AvgIpc) is 0.797. The number of pyridine rings is 2. The number of aromatic nitrogens is 2. The van der Waals surface area contributed by atoms with Crippen LogP contribution in [0.15, 0.2) is 95.0 Å². The molecule has 24 nitrogen and oxygen atoms in total. The van der Waals surface area contributed by atoms with Gasteiger partial charge in [-0.15, -0.1) is 0 Å². The molecule has 0 bridgehead atoms. The Bertz CT molecular complexity index is 3100. The minimum absolute atomic E-state index is 0.0363. The van der Waals surface area contributed by atoms with E-state index in [1.807, 2.05) is 89.5 Å². The van der Waals surface area contributed by atoms with Crippen molar-refractivity contribution in [3.05, 3.63) is 107 Å². The number of fused-ring (bicyclic) bond motifs is 2. The second-order valence-corrected chi connectivity index (χ2v) is 31.0. The molecule has 4 aromatic rings. The van der Waals surface area contributed by atoms with Crippen LogP contribution in [0.2, 0.25) is 0 Å². The summed E-state index contributed by atoms with van der Waals surface area (Å²) < 4.78 is 67.5. The SMILES string of the molecule is CC(C)C[C@H]1C(=O)O[C@H](Cc2ccc(CN3CCS(O)(O)c4cccnc43)cc2)C(=O)N(C)[C@@H](CC(C)C)C(=O)O[C@H](C)C(=O)N(C)[C@@H](CC(C)C)C(=O)O[C@H](Cc2ccc(CN3CCS(O)(O)c4cccnc43)cc2)C(=O)N(C)[C@@H](CC(C)C)C(=O)O[C@H](C)C(=O)N1C. The van der Waals surface area contributed by atoms with Gasteiger partial charge in [-0.05, 0) is 110 Å². The molecule has 0 unspecified atom stereocenters. The van der Waals surface area contributed by atoms with Crippen molar-refractivity contribution in [3.8, 4) is 0 Å². The molecule has 94 heavy (non-hydrogen) atoms. The number of ether oxygens (including phenoxy) is 4. The molecule has 5 heterocycles. The fraction of sp³-hybridized carbons (Fsp3) is 0.559. The van der Waals surface area contributed by atoms with Gasteiger partial charge in [0.2, 0.25) is 0 Å². The molecule has 26 heteroatoms. The Labute approximate surface area is 555 Å². The lowest BCUT2D eigenvalue weighted by atomic mass is 9.99. The van der Waals surface area contributed by atoms with Crippen LogP contribution >= 0.6 is 21.2 Å². The lowest BCUT2D eigenvalue weighted by Gasteiger charge is -2.42. The van der Waals surface area contributed by atoms with Crippen LogP contribution in [0.3, 0.4) is 0 Å². The highest BCUT2D eigenvalue weighted by Crippen LogP contribution is 2.55. The van der Waals surface area contributed by atoms with E-state index in [2.05, 4.69) is 9.97 Å². The molecular weight excluding hydrogens is 1250 g/mol. The molecule has 3 aliphatic heterocycles. The van der Waals surface area contributed by atoms with E-state index in [1.54, 1.807) is 60.9 Å². The van der Waals surface area contributed by atoms with E-state index in [-0.39, 0.29) is 73.7 Å². The Kier molecular flexibility index (Phi) is 25.1. The van der Waals surface area contributed by atoms with E-state index in [4.69, 9.17) is 18.9 Å². The van der Waals surface area contributed by atoms with Crippen LogP contribution in [-0.4, -0.2) is 197 Å².